The fraction of sp³-hybridized carbons (Fsp3) is 0.269. The van der Waals surface area contributed by atoms with Crippen LogP contribution in [0.4, 0.5) is 11.4 Å². The summed E-state index contributed by atoms with van der Waals surface area (Å²) in [6.45, 7) is 2.90. The first-order chi connectivity index (χ1) is 15.2. The second-order valence-corrected chi connectivity index (χ2v) is 7.21. The van der Waals surface area contributed by atoms with Crippen molar-refractivity contribution in [3.8, 4) is 11.5 Å². The minimum atomic E-state index is -0.412. The van der Waals surface area contributed by atoms with Gasteiger partial charge in [-0.05, 0) is 67.1 Å². The Hall–Kier alpha value is -3.47. The Labute approximate surface area is 183 Å². The second-order valence-electron chi connectivity index (χ2n) is 7.21. The number of azo groups is 1. The summed E-state index contributed by atoms with van der Waals surface area (Å²) in [5.74, 6) is 0.806. The van der Waals surface area contributed by atoms with Gasteiger partial charge in [0, 0.05) is 0 Å². The van der Waals surface area contributed by atoms with Crippen LogP contribution in [0.25, 0.3) is 0 Å². The van der Waals surface area contributed by atoms with Crippen molar-refractivity contribution in [1.29, 1.82) is 0 Å². The van der Waals surface area contributed by atoms with Gasteiger partial charge in [-0.2, -0.15) is 10.2 Å². The molecule has 0 radical (unpaired) electrons. The van der Waals surface area contributed by atoms with Crippen LogP contribution in [0, 0.1) is 0 Å². The SMILES string of the molecule is CCCCCCCOc1ccc(C(=O)Oc2ccc(N=Nc3ccccc3)cc2)cc1. The molecule has 0 heterocycles. The molecule has 0 aliphatic carbocycles. The van der Waals surface area contributed by atoms with Crippen LogP contribution >= 0.6 is 0 Å². The van der Waals surface area contributed by atoms with E-state index < -0.39 is 5.97 Å². The van der Waals surface area contributed by atoms with Crippen molar-refractivity contribution in [2.75, 3.05) is 6.61 Å². The summed E-state index contributed by atoms with van der Waals surface area (Å²) in [5.41, 5.74) is 1.94. The van der Waals surface area contributed by atoms with Crippen molar-refractivity contribution < 1.29 is 14.3 Å². The van der Waals surface area contributed by atoms with E-state index >= 15 is 0 Å². The van der Waals surface area contributed by atoms with E-state index in [1.807, 2.05) is 30.3 Å². The fourth-order valence-corrected chi connectivity index (χ4v) is 2.94. The molecule has 0 aromatic heterocycles. The topological polar surface area (TPSA) is 60.2 Å². The molecule has 0 aliphatic rings. The van der Waals surface area contributed by atoms with Gasteiger partial charge in [-0.15, -0.1) is 0 Å². The summed E-state index contributed by atoms with van der Waals surface area (Å²) in [5, 5.41) is 8.35. The molecule has 0 atom stereocenters. The maximum atomic E-state index is 12.4. The number of rotatable bonds is 11. The van der Waals surface area contributed by atoms with E-state index in [1.54, 1.807) is 48.5 Å². The van der Waals surface area contributed by atoms with E-state index in [2.05, 4.69) is 17.2 Å². The summed E-state index contributed by atoms with van der Waals surface area (Å²) in [6, 6.07) is 23.5. The summed E-state index contributed by atoms with van der Waals surface area (Å²) >= 11 is 0. The van der Waals surface area contributed by atoms with Crippen LogP contribution in [-0.4, -0.2) is 12.6 Å². The quantitative estimate of drug-likeness (QED) is 0.139. The third kappa shape index (κ3) is 7.70. The van der Waals surface area contributed by atoms with E-state index in [4.69, 9.17) is 9.47 Å². The predicted molar refractivity (Wildman–Crippen MR) is 123 cm³/mol. The van der Waals surface area contributed by atoms with Gasteiger partial charge < -0.3 is 9.47 Å². The van der Waals surface area contributed by atoms with E-state index in [1.165, 1.54) is 25.7 Å². The molecule has 0 unspecified atom stereocenters. The number of carbonyl (C=O) groups is 1. The van der Waals surface area contributed by atoms with Crippen molar-refractivity contribution in [1.82, 2.24) is 0 Å². The van der Waals surface area contributed by atoms with Crippen LogP contribution in [0.1, 0.15) is 49.4 Å². The normalized spacial score (nSPS) is 10.9. The van der Waals surface area contributed by atoms with Gasteiger partial charge in [0.2, 0.25) is 0 Å². The van der Waals surface area contributed by atoms with E-state index in [-0.39, 0.29) is 0 Å². The molecule has 0 fully saturated rings. The Morgan fingerprint density at radius 2 is 1.32 bits per heavy atom. The predicted octanol–water partition coefficient (Wildman–Crippen LogP) is 7.67. The molecule has 3 aromatic rings. The molecule has 0 amide bonds. The maximum Gasteiger partial charge on any atom is 0.343 e. The Morgan fingerprint density at radius 1 is 0.710 bits per heavy atom. The minimum Gasteiger partial charge on any atom is -0.494 e. The summed E-state index contributed by atoms with van der Waals surface area (Å²) < 4.78 is 11.2. The molecule has 31 heavy (non-hydrogen) atoms. The van der Waals surface area contributed by atoms with Crippen LogP contribution in [0.5, 0.6) is 11.5 Å². The fourth-order valence-electron chi connectivity index (χ4n) is 2.94. The first kappa shape index (κ1) is 22.2. The van der Waals surface area contributed by atoms with Crippen molar-refractivity contribution in [2.24, 2.45) is 10.2 Å². The van der Waals surface area contributed by atoms with Gasteiger partial charge in [-0.1, -0.05) is 50.8 Å². The van der Waals surface area contributed by atoms with E-state index in [9.17, 15) is 4.79 Å². The maximum absolute atomic E-state index is 12.4. The lowest BCUT2D eigenvalue weighted by atomic mass is 10.2. The number of benzene rings is 3. The van der Waals surface area contributed by atoms with Crippen LogP contribution in [0.15, 0.2) is 89.1 Å². The molecule has 0 aliphatic heterocycles. The first-order valence-electron chi connectivity index (χ1n) is 10.8. The molecule has 0 spiro atoms. The van der Waals surface area contributed by atoms with Crippen LogP contribution in [-0.2, 0) is 0 Å². The van der Waals surface area contributed by atoms with Gasteiger partial charge in [0.25, 0.3) is 0 Å². The second kappa shape index (κ2) is 12.3. The van der Waals surface area contributed by atoms with E-state index in [0.717, 1.165) is 17.9 Å². The molecule has 0 bridgehead atoms. The van der Waals surface area contributed by atoms with Crippen molar-refractivity contribution >= 4 is 17.3 Å². The monoisotopic (exact) mass is 416 g/mol. The zero-order valence-corrected chi connectivity index (χ0v) is 17.9. The number of nitrogens with zero attached hydrogens (tertiary/aromatic N) is 2. The highest BCUT2D eigenvalue weighted by Crippen LogP contribution is 2.22. The highest BCUT2D eigenvalue weighted by atomic mass is 16.5. The first-order valence-corrected chi connectivity index (χ1v) is 10.8. The highest BCUT2D eigenvalue weighted by Gasteiger charge is 2.09. The van der Waals surface area contributed by atoms with E-state index in [0.29, 0.717) is 23.6 Å². The molecular weight excluding hydrogens is 388 g/mol. The number of carbonyl (C=O) groups excluding carboxylic acids is 1. The van der Waals surface area contributed by atoms with Crippen molar-refractivity contribution in [3.63, 3.8) is 0 Å². The summed E-state index contributed by atoms with van der Waals surface area (Å²) in [6.07, 6.45) is 6.00. The highest BCUT2D eigenvalue weighted by molar-refractivity contribution is 5.91. The Bertz CT molecular complexity index is 952. The molecular formula is C26H28N2O3. The number of hydrogen-bond acceptors (Lipinski definition) is 5. The minimum absolute atomic E-state index is 0.412. The number of unbranched alkanes of at least 4 members (excludes halogenated alkanes) is 4. The van der Waals surface area contributed by atoms with Gasteiger partial charge in [-0.25, -0.2) is 4.79 Å². The Morgan fingerprint density at radius 3 is 2.00 bits per heavy atom. The summed E-state index contributed by atoms with van der Waals surface area (Å²) in [7, 11) is 0. The van der Waals surface area contributed by atoms with Crippen molar-refractivity contribution in [3.05, 3.63) is 84.4 Å². The van der Waals surface area contributed by atoms with Gasteiger partial charge in [-0.3, -0.25) is 0 Å². The average molecular weight is 417 g/mol. The van der Waals surface area contributed by atoms with Crippen LogP contribution < -0.4 is 9.47 Å². The molecule has 3 aromatic carbocycles. The Balaban J connectivity index is 1.46. The average Bonchev–Trinajstić information content (AvgIpc) is 2.82. The number of ether oxygens (including phenoxy) is 2. The molecule has 160 valence electrons. The van der Waals surface area contributed by atoms with Gasteiger partial charge in [0.15, 0.2) is 0 Å². The standard InChI is InChI=1S/C26H28N2O3/c1-2-3-4-5-9-20-30-24-16-12-21(13-17-24)26(29)31-25-18-14-23(15-19-25)28-27-22-10-7-6-8-11-22/h6-8,10-19H,2-5,9,20H2,1H3. The van der Waals surface area contributed by atoms with Gasteiger partial charge >= 0.3 is 5.97 Å². The third-order valence-electron chi connectivity index (χ3n) is 4.69. The number of hydrogen-bond donors (Lipinski definition) is 0. The number of esters is 1. The van der Waals surface area contributed by atoms with Crippen LogP contribution in [0.3, 0.4) is 0 Å². The zero-order chi connectivity index (χ0) is 21.7. The zero-order valence-electron chi connectivity index (χ0n) is 17.9. The smallest absolute Gasteiger partial charge is 0.343 e. The molecule has 5 nitrogen and oxygen atoms in total. The third-order valence-corrected chi connectivity index (χ3v) is 4.69. The van der Waals surface area contributed by atoms with Crippen molar-refractivity contribution in [2.45, 2.75) is 39.0 Å². The van der Waals surface area contributed by atoms with Gasteiger partial charge in [0.05, 0.1) is 23.5 Å². The molecule has 5 heteroatoms. The molecule has 0 saturated carbocycles. The lowest BCUT2D eigenvalue weighted by Gasteiger charge is -2.08. The molecule has 0 saturated heterocycles. The van der Waals surface area contributed by atoms with Gasteiger partial charge in [0.1, 0.15) is 11.5 Å². The molecule has 3 rings (SSSR count). The summed E-state index contributed by atoms with van der Waals surface area (Å²) in [4.78, 5) is 12.4. The lowest BCUT2D eigenvalue weighted by molar-refractivity contribution is 0.0734. The molecule has 0 N–H and O–H groups in total. The Kier molecular flexibility index (Phi) is 8.80. The lowest BCUT2D eigenvalue weighted by Crippen LogP contribution is -2.08. The van der Waals surface area contributed by atoms with Crippen LogP contribution in [0.2, 0.25) is 0 Å². The largest absolute Gasteiger partial charge is 0.494 e.